The van der Waals surface area contributed by atoms with Gasteiger partial charge in [0.2, 0.25) is 0 Å². The summed E-state index contributed by atoms with van der Waals surface area (Å²) in [5.74, 6) is 0.498. The second kappa shape index (κ2) is 11.4. The predicted octanol–water partition coefficient (Wildman–Crippen LogP) is 4.49. The maximum Gasteiger partial charge on any atom is 0.412 e. The molecular weight excluding hydrogens is 352 g/mol. The molecule has 6 heteroatoms. The summed E-state index contributed by atoms with van der Waals surface area (Å²) >= 11 is 5.82. The van der Waals surface area contributed by atoms with Crippen molar-refractivity contribution in [3.8, 4) is 5.75 Å². The molecule has 0 atom stereocenters. The average molecular weight is 383 g/mol. The summed E-state index contributed by atoms with van der Waals surface area (Å²) in [4.78, 5) is 14.2. The third-order valence-corrected chi connectivity index (χ3v) is 4.88. The Morgan fingerprint density at radius 1 is 1.12 bits per heavy atom. The van der Waals surface area contributed by atoms with Gasteiger partial charge in [0, 0.05) is 17.7 Å². The summed E-state index contributed by atoms with van der Waals surface area (Å²) in [7, 11) is 4.21. The van der Waals surface area contributed by atoms with Gasteiger partial charge in [-0.25, -0.2) is 4.79 Å². The lowest BCUT2D eigenvalue weighted by molar-refractivity contribution is 0.0206. The molecule has 0 unspecified atom stereocenters. The SMILES string of the molecule is CN(C)CCCCCO[C@H]1CC[C@H](NC(=O)Oc2ccc(Cl)cc2)CC1. The standard InChI is InChI=1S/C20H31ClN2O3/c1-23(2)14-4-3-5-15-25-18-12-8-17(9-13-18)22-20(24)26-19-10-6-16(21)7-11-19/h6-7,10-11,17-18H,3-5,8-9,12-15H2,1-2H3,(H,22,24)/t17-,18-. The molecule has 1 aromatic carbocycles. The van der Waals surface area contributed by atoms with Crippen molar-refractivity contribution >= 4 is 17.7 Å². The fourth-order valence-corrected chi connectivity index (χ4v) is 3.26. The van der Waals surface area contributed by atoms with Crippen LogP contribution in [0.2, 0.25) is 5.02 Å². The first-order valence-electron chi connectivity index (χ1n) is 9.53. The number of amides is 1. The van der Waals surface area contributed by atoms with Crippen LogP contribution in [0.1, 0.15) is 44.9 Å². The van der Waals surface area contributed by atoms with Gasteiger partial charge in [0.1, 0.15) is 5.75 Å². The number of rotatable bonds is 9. The van der Waals surface area contributed by atoms with Crippen LogP contribution in [0.5, 0.6) is 5.75 Å². The zero-order chi connectivity index (χ0) is 18.8. The molecule has 0 aliphatic heterocycles. The van der Waals surface area contributed by atoms with Crippen LogP contribution >= 0.6 is 11.6 Å². The number of nitrogens with one attached hydrogen (secondary N) is 1. The number of nitrogens with zero attached hydrogens (tertiary/aromatic N) is 1. The number of hydrogen-bond acceptors (Lipinski definition) is 4. The lowest BCUT2D eigenvalue weighted by Gasteiger charge is -2.28. The monoisotopic (exact) mass is 382 g/mol. The Morgan fingerprint density at radius 3 is 2.46 bits per heavy atom. The van der Waals surface area contributed by atoms with Crippen LogP contribution < -0.4 is 10.1 Å². The first kappa shape index (κ1) is 21.0. The Hall–Kier alpha value is -1.30. The van der Waals surface area contributed by atoms with Crippen LogP contribution in [-0.4, -0.2) is 50.4 Å². The maximum absolute atomic E-state index is 12.0. The van der Waals surface area contributed by atoms with Gasteiger partial charge in [-0.3, -0.25) is 0 Å². The average Bonchev–Trinajstić information content (AvgIpc) is 2.61. The Morgan fingerprint density at radius 2 is 1.81 bits per heavy atom. The van der Waals surface area contributed by atoms with Crippen LogP contribution in [0, 0.1) is 0 Å². The van der Waals surface area contributed by atoms with Crippen molar-refractivity contribution in [1.29, 1.82) is 0 Å². The second-order valence-electron chi connectivity index (χ2n) is 7.20. The van der Waals surface area contributed by atoms with Gasteiger partial charge in [-0.2, -0.15) is 0 Å². The minimum absolute atomic E-state index is 0.162. The van der Waals surface area contributed by atoms with E-state index in [4.69, 9.17) is 21.1 Å². The summed E-state index contributed by atoms with van der Waals surface area (Å²) in [5.41, 5.74) is 0. The predicted molar refractivity (Wildman–Crippen MR) is 105 cm³/mol. The highest BCUT2D eigenvalue weighted by molar-refractivity contribution is 6.30. The highest BCUT2D eigenvalue weighted by Crippen LogP contribution is 2.22. The van der Waals surface area contributed by atoms with Gasteiger partial charge in [-0.1, -0.05) is 11.6 Å². The Bertz CT molecular complexity index is 528. The van der Waals surface area contributed by atoms with Crippen molar-refractivity contribution in [1.82, 2.24) is 10.2 Å². The Labute approximate surface area is 162 Å². The highest BCUT2D eigenvalue weighted by atomic mass is 35.5. The summed E-state index contributed by atoms with van der Waals surface area (Å²) < 4.78 is 11.3. The van der Waals surface area contributed by atoms with Gasteiger partial charge >= 0.3 is 6.09 Å². The minimum Gasteiger partial charge on any atom is -0.410 e. The summed E-state index contributed by atoms with van der Waals surface area (Å²) in [6.07, 6.45) is 7.33. The maximum atomic E-state index is 12.0. The first-order valence-corrected chi connectivity index (χ1v) is 9.91. The molecule has 146 valence electrons. The van der Waals surface area contributed by atoms with Gasteiger partial charge in [0.15, 0.2) is 0 Å². The number of unbranched alkanes of at least 4 members (excludes halogenated alkanes) is 2. The first-order chi connectivity index (χ1) is 12.5. The molecule has 5 nitrogen and oxygen atoms in total. The van der Waals surface area contributed by atoms with Gasteiger partial charge in [-0.15, -0.1) is 0 Å². The van der Waals surface area contributed by atoms with E-state index in [1.54, 1.807) is 24.3 Å². The van der Waals surface area contributed by atoms with E-state index < -0.39 is 6.09 Å². The third-order valence-electron chi connectivity index (χ3n) is 4.62. The van der Waals surface area contributed by atoms with E-state index >= 15 is 0 Å². The van der Waals surface area contributed by atoms with E-state index in [9.17, 15) is 4.79 Å². The number of carbonyl (C=O) groups excluding carboxylic acids is 1. The van der Waals surface area contributed by atoms with E-state index in [0.29, 0.717) is 16.9 Å². The third kappa shape index (κ3) is 8.39. The number of carbonyl (C=O) groups is 1. The van der Waals surface area contributed by atoms with Crippen molar-refractivity contribution in [3.05, 3.63) is 29.3 Å². The van der Waals surface area contributed by atoms with Crippen LogP contribution in [0.15, 0.2) is 24.3 Å². The van der Waals surface area contributed by atoms with Crippen LogP contribution in [0.25, 0.3) is 0 Å². The van der Waals surface area contributed by atoms with Crippen molar-refractivity contribution in [2.45, 2.75) is 57.1 Å². The molecular formula is C20H31ClN2O3. The molecule has 2 rings (SSSR count). The number of halogens is 1. The van der Waals surface area contributed by atoms with Gasteiger partial charge < -0.3 is 19.7 Å². The van der Waals surface area contributed by atoms with Crippen molar-refractivity contribution in [2.75, 3.05) is 27.2 Å². The molecule has 0 saturated heterocycles. The van der Waals surface area contributed by atoms with Crippen LogP contribution in [0.3, 0.4) is 0 Å². The van der Waals surface area contributed by atoms with Gasteiger partial charge in [0.05, 0.1) is 6.10 Å². The zero-order valence-corrected chi connectivity index (χ0v) is 16.6. The summed E-state index contributed by atoms with van der Waals surface area (Å²) in [6, 6.07) is 6.94. The molecule has 0 aromatic heterocycles. The molecule has 1 N–H and O–H groups in total. The van der Waals surface area contributed by atoms with Gasteiger partial charge in [0.25, 0.3) is 0 Å². The fourth-order valence-electron chi connectivity index (χ4n) is 3.14. The molecule has 1 amide bonds. The smallest absolute Gasteiger partial charge is 0.410 e. The van der Waals surface area contributed by atoms with Gasteiger partial charge in [-0.05, 0) is 89.9 Å². The second-order valence-corrected chi connectivity index (χ2v) is 7.63. The van der Waals surface area contributed by atoms with E-state index in [0.717, 1.165) is 45.3 Å². The van der Waals surface area contributed by atoms with Crippen molar-refractivity contribution in [2.24, 2.45) is 0 Å². The van der Waals surface area contributed by atoms with Crippen LogP contribution in [0.4, 0.5) is 4.79 Å². The molecule has 1 fully saturated rings. The van der Waals surface area contributed by atoms with E-state index in [-0.39, 0.29) is 6.04 Å². The minimum atomic E-state index is -0.405. The molecule has 26 heavy (non-hydrogen) atoms. The van der Waals surface area contributed by atoms with Crippen LogP contribution in [-0.2, 0) is 4.74 Å². The fraction of sp³-hybridized carbons (Fsp3) is 0.650. The molecule has 1 aromatic rings. The molecule has 1 aliphatic carbocycles. The number of hydrogen-bond donors (Lipinski definition) is 1. The molecule has 1 aliphatic rings. The highest BCUT2D eigenvalue weighted by Gasteiger charge is 2.23. The summed E-state index contributed by atoms with van der Waals surface area (Å²) in [5, 5.41) is 3.56. The van der Waals surface area contributed by atoms with E-state index in [1.807, 2.05) is 0 Å². The zero-order valence-electron chi connectivity index (χ0n) is 15.9. The van der Waals surface area contributed by atoms with Crippen molar-refractivity contribution < 1.29 is 14.3 Å². The largest absolute Gasteiger partial charge is 0.412 e. The molecule has 1 saturated carbocycles. The number of benzene rings is 1. The normalized spacial score (nSPS) is 20.2. The molecule has 0 spiro atoms. The lowest BCUT2D eigenvalue weighted by Crippen LogP contribution is -2.40. The lowest BCUT2D eigenvalue weighted by atomic mass is 9.93. The molecule has 0 bridgehead atoms. The van der Waals surface area contributed by atoms with E-state index in [1.165, 1.54) is 12.8 Å². The Kier molecular flexibility index (Phi) is 9.23. The quantitative estimate of drug-likeness (QED) is 0.639. The molecule has 0 radical (unpaired) electrons. The molecule has 0 heterocycles. The summed E-state index contributed by atoms with van der Waals surface area (Å²) in [6.45, 7) is 1.98. The Balaban J connectivity index is 1.55. The number of ether oxygens (including phenoxy) is 2. The topological polar surface area (TPSA) is 50.8 Å². The van der Waals surface area contributed by atoms with E-state index in [2.05, 4.69) is 24.3 Å². The van der Waals surface area contributed by atoms with Crippen molar-refractivity contribution in [3.63, 3.8) is 0 Å².